The molecule has 0 unspecified atom stereocenters. The number of ether oxygens (including phenoxy) is 1. The van der Waals surface area contributed by atoms with Crippen molar-refractivity contribution in [2.45, 2.75) is 31.7 Å². The SMILES string of the molecule is C=C(/C=C\C(=N/C)OCCC(F)F)[C@H]1[C@@H](C2CC2)C(=O)N1c1ccc2[nH]cnc2c1. The molecule has 2 heterocycles. The number of aliphatic imine (C=N–C) groups is 1. The molecular formula is C22H24F2N4O2. The highest BCUT2D eigenvalue weighted by molar-refractivity contribution is 6.05. The molecular weight excluding hydrogens is 390 g/mol. The third-order valence-corrected chi connectivity index (χ3v) is 5.58. The van der Waals surface area contributed by atoms with Crippen LogP contribution < -0.4 is 4.90 Å². The second-order valence-corrected chi connectivity index (χ2v) is 7.62. The van der Waals surface area contributed by atoms with E-state index in [1.54, 1.807) is 23.4 Å². The van der Waals surface area contributed by atoms with Crippen LogP contribution in [0.4, 0.5) is 14.5 Å². The van der Waals surface area contributed by atoms with Crippen LogP contribution in [0.2, 0.25) is 0 Å². The van der Waals surface area contributed by atoms with Crippen molar-refractivity contribution in [3.63, 3.8) is 0 Å². The minimum Gasteiger partial charge on any atom is -0.478 e. The topological polar surface area (TPSA) is 70.6 Å². The van der Waals surface area contributed by atoms with E-state index in [0.29, 0.717) is 5.92 Å². The quantitative estimate of drug-likeness (QED) is 0.306. The summed E-state index contributed by atoms with van der Waals surface area (Å²) in [6.07, 6.45) is 4.34. The number of nitrogens with zero attached hydrogens (tertiary/aromatic N) is 3. The summed E-state index contributed by atoms with van der Waals surface area (Å²) in [5, 5.41) is 0. The molecule has 1 saturated carbocycles. The van der Waals surface area contributed by atoms with Crippen LogP contribution in [-0.4, -0.2) is 47.9 Å². The first-order valence-corrected chi connectivity index (χ1v) is 10.0. The van der Waals surface area contributed by atoms with E-state index in [1.165, 1.54) is 7.05 Å². The van der Waals surface area contributed by atoms with Gasteiger partial charge in [-0.25, -0.2) is 13.8 Å². The lowest BCUT2D eigenvalue weighted by Gasteiger charge is -2.48. The number of rotatable bonds is 8. The van der Waals surface area contributed by atoms with E-state index < -0.39 is 6.43 Å². The maximum atomic E-state index is 12.9. The number of alkyl halides is 2. The van der Waals surface area contributed by atoms with Crippen LogP contribution in [0.15, 0.2) is 53.8 Å². The number of fused-ring (bicyclic) bond motifs is 1. The first kappa shape index (κ1) is 20.3. The predicted octanol–water partition coefficient (Wildman–Crippen LogP) is 4.12. The second-order valence-electron chi connectivity index (χ2n) is 7.62. The van der Waals surface area contributed by atoms with Crippen molar-refractivity contribution in [1.29, 1.82) is 0 Å². The normalized spacial score (nSPS) is 22.2. The lowest BCUT2D eigenvalue weighted by molar-refractivity contribution is -0.130. The Morgan fingerprint density at radius 3 is 2.93 bits per heavy atom. The summed E-state index contributed by atoms with van der Waals surface area (Å²) in [6, 6.07) is 5.54. The number of halogens is 2. The van der Waals surface area contributed by atoms with Crippen LogP contribution >= 0.6 is 0 Å². The fourth-order valence-corrected chi connectivity index (χ4v) is 3.90. The fraction of sp³-hybridized carbons (Fsp3) is 0.409. The van der Waals surface area contributed by atoms with Crippen LogP contribution in [0, 0.1) is 11.8 Å². The number of nitrogens with one attached hydrogen (secondary N) is 1. The lowest BCUT2D eigenvalue weighted by Crippen LogP contribution is -2.62. The van der Waals surface area contributed by atoms with E-state index in [2.05, 4.69) is 21.5 Å². The number of H-pyrrole nitrogens is 1. The number of carbonyl (C=O) groups excluding carboxylic acids is 1. The van der Waals surface area contributed by atoms with Crippen molar-refractivity contribution in [2.24, 2.45) is 16.8 Å². The molecule has 1 amide bonds. The Balaban J connectivity index is 1.51. The molecule has 30 heavy (non-hydrogen) atoms. The van der Waals surface area contributed by atoms with Crippen LogP contribution in [-0.2, 0) is 9.53 Å². The van der Waals surface area contributed by atoms with Crippen molar-refractivity contribution >= 4 is 28.5 Å². The van der Waals surface area contributed by atoms with E-state index in [0.717, 1.165) is 35.1 Å². The number of amides is 1. The van der Waals surface area contributed by atoms with Gasteiger partial charge >= 0.3 is 0 Å². The van der Waals surface area contributed by atoms with Gasteiger partial charge in [0.05, 0.1) is 35.9 Å². The number of anilines is 1. The van der Waals surface area contributed by atoms with Gasteiger partial charge in [0, 0.05) is 25.2 Å². The maximum absolute atomic E-state index is 12.9. The minimum atomic E-state index is -2.41. The Kier molecular flexibility index (Phi) is 5.65. The molecule has 4 rings (SSSR count). The first-order valence-electron chi connectivity index (χ1n) is 10.0. The third kappa shape index (κ3) is 3.99. The molecule has 2 aliphatic rings. The summed E-state index contributed by atoms with van der Waals surface area (Å²) in [7, 11) is 1.54. The van der Waals surface area contributed by atoms with E-state index in [4.69, 9.17) is 4.74 Å². The van der Waals surface area contributed by atoms with Crippen LogP contribution in [0.25, 0.3) is 11.0 Å². The molecule has 0 bridgehead atoms. The molecule has 158 valence electrons. The summed E-state index contributed by atoms with van der Waals surface area (Å²) in [4.78, 5) is 26.0. The van der Waals surface area contributed by atoms with Gasteiger partial charge in [-0.05, 0) is 42.5 Å². The zero-order chi connectivity index (χ0) is 21.3. The van der Waals surface area contributed by atoms with Gasteiger partial charge < -0.3 is 14.6 Å². The van der Waals surface area contributed by atoms with Gasteiger partial charge in [0.2, 0.25) is 18.2 Å². The number of imidazole rings is 1. The number of aromatic amines is 1. The van der Waals surface area contributed by atoms with E-state index in [9.17, 15) is 13.6 Å². The molecule has 1 aliphatic carbocycles. The number of β-lactam (4-membered cyclic amide) rings is 1. The Morgan fingerprint density at radius 2 is 2.23 bits per heavy atom. The average molecular weight is 414 g/mol. The summed E-state index contributed by atoms with van der Waals surface area (Å²) in [5.41, 5.74) is 3.24. The van der Waals surface area contributed by atoms with Crippen molar-refractivity contribution in [1.82, 2.24) is 9.97 Å². The van der Waals surface area contributed by atoms with Gasteiger partial charge in [0.25, 0.3) is 0 Å². The molecule has 2 fully saturated rings. The zero-order valence-corrected chi connectivity index (χ0v) is 16.7. The smallest absolute Gasteiger partial charge is 0.241 e. The minimum absolute atomic E-state index is 0.0844. The molecule has 1 saturated heterocycles. The van der Waals surface area contributed by atoms with Gasteiger partial charge in [-0.3, -0.25) is 9.79 Å². The molecule has 1 N–H and O–H groups in total. The molecule has 1 aliphatic heterocycles. The Bertz CT molecular complexity index is 1010. The molecule has 0 radical (unpaired) electrons. The summed E-state index contributed by atoms with van der Waals surface area (Å²) < 4.78 is 29.9. The molecule has 8 heteroatoms. The highest BCUT2D eigenvalue weighted by Gasteiger charge is 2.55. The Hall–Kier alpha value is -3.03. The van der Waals surface area contributed by atoms with E-state index in [1.807, 2.05) is 18.2 Å². The number of carbonyl (C=O) groups is 1. The fourth-order valence-electron chi connectivity index (χ4n) is 3.90. The molecule has 1 aromatic carbocycles. The van der Waals surface area contributed by atoms with Gasteiger partial charge in [-0.1, -0.05) is 12.7 Å². The monoisotopic (exact) mass is 414 g/mol. The third-order valence-electron chi connectivity index (χ3n) is 5.58. The molecule has 1 aromatic heterocycles. The van der Waals surface area contributed by atoms with E-state index >= 15 is 0 Å². The predicted molar refractivity (Wildman–Crippen MR) is 112 cm³/mol. The first-order chi connectivity index (χ1) is 14.5. The van der Waals surface area contributed by atoms with Crippen molar-refractivity contribution < 1.29 is 18.3 Å². The zero-order valence-electron chi connectivity index (χ0n) is 16.7. The largest absolute Gasteiger partial charge is 0.478 e. The lowest BCUT2D eigenvalue weighted by atomic mass is 9.78. The van der Waals surface area contributed by atoms with Gasteiger partial charge in [0.1, 0.15) is 0 Å². The molecule has 6 nitrogen and oxygen atoms in total. The highest BCUT2D eigenvalue weighted by atomic mass is 19.3. The summed E-state index contributed by atoms with van der Waals surface area (Å²) in [6.45, 7) is 4.07. The number of hydrogen-bond donors (Lipinski definition) is 1. The second kappa shape index (κ2) is 8.38. The molecule has 2 aromatic rings. The Labute approximate surface area is 173 Å². The van der Waals surface area contributed by atoms with Crippen molar-refractivity contribution in [3.05, 3.63) is 48.8 Å². The average Bonchev–Trinajstić information content (AvgIpc) is 3.42. The van der Waals surface area contributed by atoms with Crippen molar-refractivity contribution in [2.75, 3.05) is 18.6 Å². The Morgan fingerprint density at radius 1 is 1.43 bits per heavy atom. The van der Waals surface area contributed by atoms with Crippen molar-refractivity contribution in [3.8, 4) is 0 Å². The number of hydrogen-bond acceptors (Lipinski definition) is 4. The highest BCUT2D eigenvalue weighted by Crippen LogP contribution is 2.49. The summed E-state index contributed by atoms with van der Waals surface area (Å²) in [5.74, 6) is 0.665. The standard InChI is InChI=1S/C22H24F2N4O2/c1-13(3-8-19(25-2)30-10-9-18(23)24)21-20(14-4-5-14)22(29)28(21)15-6-7-16-17(11-15)27-12-26-16/h3,6-8,11-12,14,18,20-21H,1,4-5,9-10H2,2H3,(H,26,27)/b8-3-,25-19+/t20-,21+/m1/s1. The maximum Gasteiger partial charge on any atom is 0.241 e. The number of aromatic nitrogens is 2. The van der Waals surface area contributed by atoms with E-state index in [-0.39, 0.29) is 36.8 Å². The summed E-state index contributed by atoms with van der Waals surface area (Å²) >= 11 is 0. The molecule has 2 atom stereocenters. The van der Waals surface area contributed by atoms with Gasteiger partial charge in [-0.2, -0.15) is 0 Å². The van der Waals surface area contributed by atoms with Gasteiger partial charge in [-0.15, -0.1) is 0 Å². The molecule has 0 spiro atoms. The number of benzene rings is 1. The van der Waals surface area contributed by atoms with Gasteiger partial charge in [0.15, 0.2) is 0 Å². The van der Waals surface area contributed by atoms with Crippen LogP contribution in [0.1, 0.15) is 19.3 Å². The van der Waals surface area contributed by atoms with Crippen LogP contribution in [0.3, 0.4) is 0 Å². The van der Waals surface area contributed by atoms with Crippen LogP contribution in [0.5, 0.6) is 0 Å².